The number of esters is 1. The number of para-hydroxylation sites is 2. The second kappa shape index (κ2) is 8.35. The van der Waals surface area contributed by atoms with Crippen LogP contribution < -0.4 is 14.4 Å². The maximum Gasteiger partial charge on any atom is 0.360 e. The summed E-state index contributed by atoms with van der Waals surface area (Å²) in [5.74, 6) is -0.859. The van der Waals surface area contributed by atoms with Gasteiger partial charge in [-0.25, -0.2) is 13.2 Å². The van der Waals surface area contributed by atoms with Gasteiger partial charge in [0.15, 0.2) is 11.5 Å². The van der Waals surface area contributed by atoms with Gasteiger partial charge in [-0.05, 0) is 37.3 Å². The van der Waals surface area contributed by atoms with E-state index < -0.39 is 21.9 Å². The molecule has 1 aromatic heterocycles. The summed E-state index contributed by atoms with van der Waals surface area (Å²) >= 11 is 0. The summed E-state index contributed by atoms with van der Waals surface area (Å²) in [6.07, 6.45) is 0. The van der Waals surface area contributed by atoms with Gasteiger partial charge in [0.05, 0.1) is 25.1 Å². The van der Waals surface area contributed by atoms with Crippen LogP contribution in [0.1, 0.15) is 17.4 Å². The zero-order valence-electron chi connectivity index (χ0n) is 17.2. The highest BCUT2D eigenvalue weighted by Gasteiger charge is 2.34. The Hall–Kier alpha value is -3.86. The topological polar surface area (TPSA) is 128 Å². The minimum atomic E-state index is -4.21. The number of fused-ring (bicyclic) bond motifs is 1. The number of sulfonamides is 1. The van der Waals surface area contributed by atoms with Gasteiger partial charge in [0.1, 0.15) is 17.2 Å². The lowest BCUT2D eigenvalue weighted by molar-refractivity contribution is -0.115. The third-order valence-electron chi connectivity index (χ3n) is 4.74. The third kappa shape index (κ3) is 3.78. The number of rotatable bonds is 6. The summed E-state index contributed by atoms with van der Waals surface area (Å²) in [5, 5.41) is 6.34. The van der Waals surface area contributed by atoms with Crippen molar-refractivity contribution in [3.8, 4) is 17.1 Å². The number of benzene rings is 2. The number of methoxy groups -OCH3 is 1. The number of hydrogen-bond acceptors (Lipinski definition) is 8. The SMILES string of the molecule is CCOC(=O)c1cc(-c2ccc(OC)c(S(=O)(=O)N3CC(=O)Nc4ccccc43)c2)on1. The van der Waals surface area contributed by atoms with Gasteiger partial charge in [-0.3, -0.25) is 9.10 Å². The monoisotopic (exact) mass is 457 g/mol. The average Bonchev–Trinajstić information content (AvgIpc) is 3.28. The van der Waals surface area contributed by atoms with Crippen LogP contribution >= 0.6 is 0 Å². The Balaban J connectivity index is 1.78. The lowest BCUT2D eigenvalue weighted by Crippen LogP contribution is -2.42. The van der Waals surface area contributed by atoms with Gasteiger partial charge in [0.2, 0.25) is 5.91 Å². The summed E-state index contributed by atoms with van der Waals surface area (Å²) in [5.41, 5.74) is 1.03. The van der Waals surface area contributed by atoms with Gasteiger partial charge in [0.25, 0.3) is 10.0 Å². The van der Waals surface area contributed by atoms with Gasteiger partial charge < -0.3 is 19.3 Å². The van der Waals surface area contributed by atoms with Crippen LogP contribution in [0.25, 0.3) is 11.3 Å². The van der Waals surface area contributed by atoms with Crippen LogP contribution in [-0.2, 0) is 19.6 Å². The summed E-state index contributed by atoms with van der Waals surface area (Å²) in [7, 11) is -2.86. The molecule has 4 rings (SSSR count). The van der Waals surface area contributed by atoms with Gasteiger partial charge in [-0.15, -0.1) is 0 Å². The molecule has 11 heteroatoms. The van der Waals surface area contributed by atoms with Crippen molar-refractivity contribution in [3.63, 3.8) is 0 Å². The van der Waals surface area contributed by atoms with Gasteiger partial charge in [0, 0.05) is 11.6 Å². The van der Waals surface area contributed by atoms with Crippen molar-refractivity contribution < 1.29 is 32.0 Å². The molecule has 0 bridgehead atoms. The quantitative estimate of drug-likeness (QED) is 0.560. The van der Waals surface area contributed by atoms with Crippen LogP contribution in [0.2, 0.25) is 0 Å². The van der Waals surface area contributed by atoms with Crippen LogP contribution in [0.4, 0.5) is 11.4 Å². The fourth-order valence-electron chi connectivity index (χ4n) is 3.28. The van der Waals surface area contributed by atoms with E-state index in [0.29, 0.717) is 16.9 Å². The maximum absolute atomic E-state index is 13.6. The fraction of sp³-hybridized carbons (Fsp3) is 0.190. The largest absolute Gasteiger partial charge is 0.495 e. The van der Waals surface area contributed by atoms with Crippen molar-refractivity contribution >= 4 is 33.3 Å². The molecule has 3 aromatic rings. The van der Waals surface area contributed by atoms with Crippen LogP contribution in [0.15, 0.2) is 57.9 Å². The number of amides is 1. The van der Waals surface area contributed by atoms with Crippen molar-refractivity contribution in [2.45, 2.75) is 11.8 Å². The van der Waals surface area contributed by atoms with Gasteiger partial charge in [-0.1, -0.05) is 17.3 Å². The number of hydrogen-bond donors (Lipinski definition) is 1. The Labute approximate surface area is 183 Å². The van der Waals surface area contributed by atoms with Gasteiger partial charge in [-0.2, -0.15) is 0 Å². The van der Waals surface area contributed by atoms with E-state index in [0.717, 1.165) is 4.31 Å². The lowest BCUT2D eigenvalue weighted by Gasteiger charge is -2.30. The molecule has 0 radical (unpaired) electrons. The fourth-order valence-corrected chi connectivity index (χ4v) is 4.90. The Morgan fingerprint density at radius 2 is 2.00 bits per heavy atom. The average molecular weight is 457 g/mol. The first kappa shape index (κ1) is 21.4. The number of ether oxygens (including phenoxy) is 2. The highest BCUT2D eigenvalue weighted by molar-refractivity contribution is 7.93. The maximum atomic E-state index is 13.6. The summed E-state index contributed by atoms with van der Waals surface area (Å²) in [4.78, 5) is 23.9. The normalized spacial score (nSPS) is 13.3. The highest BCUT2D eigenvalue weighted by Crippen LogP contribution is 2.37. The first-order valence-electron chi connectivity index (χ1n) is 9.59. The second-order valence-electron chi connectivity index (χ2n) is 6.74. The highest BCUT2D eigenvalue weighted by atomic mass is 32.2. The van der Waals surface area contributed by atoms with E-state index in [1.165, 1.54) is 25.3 Å². The molecular formula is C21H19N3O7S. The smallest absolute Gasteiger partial charge is 0.360 e. The molecule has 10 nitrogen and oxygen atoms in total. The van der Waals surface area contributed by atoms with Crippen LogP contribution in [-0.4, -0.2) is 45.7 Å². The molecule has 0 saturated carbocycles. The van der Waals surface area contributed by atoms with E-state index in [1.54, 1.807) is 37.3 Å². The Bertz CT molecular complexity index is 1300. The van der Waals surface area contributed by atoms with Crippen molar-refractivity contribution in [3.05, 3.63) is 54.2 Å². The first-order chi connectivity index (χ1) is 15.3. The number of aromatic nitrogens is 1. The van der Waals surface area contributed by atoms with E-state index in [2.05, 4.69) is 10.5 Å². The number of anilines is 2. The van der Waals surface area contributed by atoms with Crippen molar-refractivity contribution in [1.82, 2.24) is 5.16 Å². The van der Waals surface area contributed by atoms with Crippen molar-refractivity contribution in [2.75, 3.05) is 29.9 Å². The molecule has 0 aliphatic carbocycles. The minimum Gasteiger partial charge on any atom is -0.495 e. The molecule has 0 atom stereocenters. The van der Waals surface area contributed by atoms with Crippen LogP contribution in [0.3, 0.4) is 0 Å². The Kier molecular flexibility index (Phi) is 5.57. The molecule has 2 aromatic carbocycles. The number of carbonyl (C=O) groups excluding carboxylic acids is 2. The molecule has 1 amide bonds. The van der Waals surface area contributed by atoms with Crippen LogP contribution in [0, 0.1) is 0 Å². The van der Waals surface area contributed by atoms with E-state index in [1.807, 2.05) is 0 Å². The minimum absolute atomic E-state index is 0.0382. The zero-order valence-corrected chi connectivity index (χ0v) is 18.0. The predicted molar refractivity (Wildman–Crippen MR) is 114 cm³/mol. The molecule has 1 N–H and O–H groups in total. The molecule has 0 unspecified atom stereocenters. The van der Waals surface area contributed by atoms with E-state index in [4.69, 9.17) is 14.0 Å². The lowest BCUT2D eigenvalue weighted by atomic mass is 10.1. The zero-order chi connectivity index (χ0) is 22.9. The van der Waals surface area contributed by atoms with Crippen molar-refractivity contribution in [1.29, 1.82) is 0 Å². The second-order valence-corrected chi connectivity index (χ2v) is 8.57. The molecule has 0 fully saturated rings. The molecule has 32 heavy (non-hydrogen) atoms. The number of nitrogens with one attached hydrogen (secondary N) is 1. The molecule has 0 saturated heterocycles. The third-order valence-corrected chi connectivity index (χ3v) is 6.53. The van der Waals surface area contributed by atoms with Crippen LogP contribution in [0.5, 0.6) is 5.75 Å². The summed E-state index contributed by atoms with van der Waals surface area (Å²) in [6.45, 7) is 1.46. The number of carbonyl (C=O) groups is 2. The summed E-state index contributed by atoms with van der Waals surface area (Å²) in [6, 6.07) is 12.3. The van der Waals surface area contributed by atoms with E-state index in [-0.39, 0.29) is 35.3 Å². The molecular weight excluding hydrogens is 438 g/mol. The molecule has 0 spiro atoms. The molecule has 1 aliphatic rings. The van der Waals surface area contributed by atoms with E-state index in [9.17, 15) is 18.0 Å². The molecule has 166 valence electrons. The summed E-state index contributed by atoms with van der Waals surface area (Å²) < 4.78 is 43.6. The first-order valence-corrected chi connectivity index (χ1v) is 11.0. The Morgan fingerprint density at radius 1 is 1.22 bits per heavy atom. The standard InChI is InChI=1S/C21H19N3O7S/c1-3-30-21(26)15-11-18(31-23-15)13-8-9-17(29-2)19(10-13)32(27,28)24-12-20(25)22-14-6-4-5-7-16(14)24/h4-11H,3,12H2,1-2H3,(H,22,25). The number of nitrogens with zero attached hydrogens (tertiary/aromatic N) is 2. The van der Waals surface area contributed by atoms with Gasteiger partial charge >= 0.3 is 5.97 Å². The molecule has 2 heterocycles. The van der Waals surface area contributed by atoms with E-state index >= 15 is 0 Å². The van der Waals surface area contributed by atoms with Crippen molar-refractivity contribution in [2.24, 2.45) is 0 Å². The Morgan fingerprint density at radius 3 is 2.75 bits per heavy atom. The molecule has 1 aliphatic heterocycles. The predicted octanol–water partition coefficient (Wildman–Crippen LogP) is 2.67.